The van der Waals surface area contributed by atoms with Gasteiger partial charge in [0.25, 0.3) is 0 Å². The summed E-state index contributed by atoms with van der Waals surface area (Å²) in [5.74, 6) is 1.71. The Labute approximate surface area is 128 Å². The fourth-order valence-electron chi connectivity index (χ4n) is 3.57. The number of benzene rings is 1. The molecule has 3 rings (SSSR count). The van der Waals surface area contributed by atoms with Crippen LogP contribution in [0.15, 0.2) is 24.3 Å². The van der Waals surface area contributed by atoms with Gasteiger partial charge in [-0.15, -0.1) is 0 Å². The van der Waals surface area contributed by atoms with Crippen molar-refractivity contribution < 1.29 is 4.74 Å². The summed E-state index contributed by atoms with van der Waals surface area (Å²) in [6.45, 7) is 6.80. The molecule has 21 heavy (non-hydrogen) atoms. The lowest BCUT2D eigenvalue weighted by atomic mass is 9.91. The van der Waals surface area contributed by atoms with Gasteiger partial charge in [0.05, 0.1) is 0 Å². The van der Waals surface area contributed by atoms with E-state index in [2.05, 4.69) is 41.1 Å². The summed E-state index contributed by atoms with van der Waals surface area (Å²) >= 11 is 0. The molecular formula is C18H28N2O. The quantitative estimate of drug-likeness (QED) is 0.828. The monoisotopic (exact) mass is 288 g/mol. The second-order valence-corrected chi connectivity index (χ2v) is 6.57. The highest BCUT2D eigenvalue weighted by Crippen LogP contribution is 2.27. The molecule has 1 aromatic carbocycles. The summed E-state index contributed by atoms with van der Waals surface area (Å²) in [7, 11) is 2.22. The van der Waals surface area contributed by atoms with Gasteiger partial charge in [-0.2, -0.15) is 0 Å². The Balaban J connectivity index is 1.47. The molecular weight excluding hydrogens is 260 g/mol. The molecule has 0 saturated carbocycles. The molecule has 0 aliphatic carbocycles. The lowest BCUT2D eigenvalue weighted by Crippen LogP contribution is -2.30. The first-order chi connectivity index (χ1) is 10.3. The molecule has 2 saturated heterocycles. The predicted molar refractivity (Wildman–Crippen MR) is 87.1 cm³/mol. The smallest absolute Gasteiger partial charge is 0.119 e. The second-order valence-electron chi connectivity index (χ2n) is 6.57. The van der Waals surface area contributed by atoms with Gasteiger partial charge in [0, 0.05) is 13.1 Å². The average Bonchev–Trinajstić information content (AvgIpc) is 3.01. The highest BCUT2D eigenvalue weighted by molar-refractivity contribution is 5.30. The van der Waals surface area contributed by atoms with Crippen molar-refractivity contribution in [2.45, 2.75) is 31.6 Å². The summed E-state index contributed by atoms with van der Waals surface area (Å²) in [4.78, 5) is 4.93. The van der Waals surface area contributed by atoms with Crippen LogP contribution in [-0.4, -0.2) is 56.2 Å². The van der Waals surface area contributed by atoms with Gasteiger partial charge in [-0.25, -0.2) is 0 Å². The van der Waals surface area contributed by atoms with Crippen molar-refractivity contribution in [1.29, 1.82) is 0 Å². The van der Waals surface area contributed by atoms with Crippen molar-refractivity contribution >= 4 is 0 Å². The minimum atomic E-state index is 0.697. The van der Waals surface area contributed by atoms with Gasteiger partial charge in [0.15, 0.2) is 0 Å². The molecule has 3 nitrogen and oxygen atoms in total. The number of likely N-dealkylation sites (tertiary alicyclic amines) is 2. The number of hydrogen-bond donors (Lipinski definition) is 0. The fraction of sp³-hybridized carbons (Fsp3) is 0.667. The maximum absolute atomic E-state index is 5.88. The molecule has 2 heterocycles. The van der Waals surface area contributed by atoms with Gasteiger partial charge in [-0.1, -0.05) is 12.1 Å². The molecule has 2 aliphatic rings. The van der Waals surface area contributed by atoms with Gasteiger partial charge < -0.3 is 9.64 Å². The van der Waals surface area contributed by atoms with E-state index in [-0.39, 0.29) is 0 Å². The third-order valence-electron chi connectivity index (χ3n) is 4.85. The van der Waals surface area contributed by atoms with Gasteiger partial charge in [-0.05, 0) is 76.0 Å². The SMILES string of the molecule is CN1CCCC(c2ccc(OCCN3CCCC3)cc2)C1. The number of hydrogen-bond acceptors (Lipinski definition) is 3. The molecule has 0 amide bonds. The Hall–Kier alpha value is -1.06. The van der Waals surface area contributed by atoms with Gasteiger partial charge in [0.2, 0.25) is 0 Å². The molecule has 2 fully saturated rings. The topological polar surface area (TPSA) is 15.7 Å². The first-order valence-corrected chi connectivity index (χ1v) is 8.45. The largest absolute Gasteiger partial charge is 0.492 e. The van der Waals surface area contributed by atoms with Crippen molar-refractivity contribution in [1.82, 2.24) is 9.80 Å². The first kappa shape index (κ1) is 14.9. The lowest BCUT2D eigenvalue weighted by molar-refractivity contribution is 0.237. The summed E-state index contributed by atoms with van der Waals surface area (Å²) in [6.07, 6.45) is 5.34. The van der Waals surface area contributed by atoms with Crippen LogP contribution in [0.4, 0.5) is 0 Å². The Morgan fingerprint density at radius 2 is 1.81 bits per heavy atom. The summed E-state index contributed by atoms with van der Waals surface area (Å²) in [5, 5.41) is 0. The molecule has 3 heteroatoms. The van der Waals surface area contributed by atoms with E-state index in [9.17, 15) is 0 Å². The molecule has 1 aromatic rings. The van der Waals surface area contributed by atoms with Crippen LogP contribution >= 0.6 is 0 Å². The zero-order chi connectivity index (χ0) is 14.5. The van der Waals surface area contributed by atoms with Crippen molar-refractivity contribution in [3.8, 4) is 5.75 Å². The second kappa shape index (κ2) is 7.28. The van der Waals surface area contributed by atoms with Gasteiger partial charge in [-0.3, -0.25) is 4.90 Å². The van der Waals surface area contributed by atoms with Crippen LogP contribution in [0.25, 0.3) is 0 Å². The zero-order valence-corrected chi connectivity index (χ0v) is 13.3. The maximum Gasteiger partial charge on any atom is 0.119 e. The van der Waals surface area contributed by atoms with Crippen molar-refractivity contribution in [2.24, 2.45) is 0 Å². The highest BCUT2D eigenvalue weighted by atomic mass is 16.5. The molecule has 116 valence electrons. The zero-order valence-electron chi connectivity index (χ0n) is 13.3. The molecule has 0 aromatic heterocycles. The van der Waals surface area contributed by atoms with Crippen LogP contribution in [0.3, 0.4) is 0 Å². The molecule has 1 unspecified atom stereocenters. The van der Waals surface area contributed by atoms with Crippen LogP contribution in [0, 0.1) is 0 Å². The van der Waals surface area contributed by atoms with E-state index >= 15 is 0 Å². The average molecular weight is 288 g/mol. The van der Waals surface area contributed by atoms with Crippen LogP contribution in [-0.2, 0) is 0 Å². The minimum absolute atomic E-state index is 0.697. The Morgan fingerprint density at radius 1 is 1.05 bits per heavy atom. The Bertz CT molecular complexity index is 425. The fourth-order valence-corrected chi connectivity index (χ4v) is 3.57. The van der Waals surface area contributed by atoms with E-state index in [1.165, 1.54) is 57.4 Å². The van der Waals surface area contributed by atoms with Crippen LogP contribution in [0.1, 0.15) is 37.2 Å². The number of ether oxygens (including phenoxy) is 1. The maximum atomic E-state index is 5.88. The summed E-state index contributed by atoms with van der Waals surface area (Å²) < 4.78 is 5.88. The van der Waals surface area contributed by atoms with E-state index in [0.717, 1.165) is 18.9 Å². The molecule has 1 atom stereocenters. The molecule has 0 bridgehead atoms. The predicted octanol–water partition coefficient (Wildman–Crippen LogP) is 2.97. The van der Waals surface area contributed by atoms with E-state index in [1.807, 2.05) is 0 Å². The number of likely N-dealkylation sites (N-methyl/N-ethyl adjacent to an activating group) is 1. The van der Waals surface area contributed by atoms with Gasteiger partial charge in [0.1, 0.15) is 12.4 Å². The van der Waals surface area contributed by atoms with E-state index in [4.69, 9.17) is 4.74 Å². The molecule has 2 aliphatic heterocycles. The Kier molecular flexibility index (Phi) is 5.15. The van der Waals surface area contributed by atoms with Crippen molar-refractivity contribution in [3.05, 3.63) is 29.8 Å². The van der Waals surface area contributed by atoms with Crippen molar-refractivity contribution in [2.75, 3.05) is 46.4 Å². The number of rotatable bonds is 5. The minimum Gasteiger partial charge on any atom is -0.492 e. The van der Waals surface area contributed by atoms with Crippen LogP contribution in [0.5, 0.6) is 5.75 Å². The van der Waals surface area contributed by atoms with Gasteiger partial charge >= 0.3 is 0 Å². The van der Waals surface area contributed by atoms with Crippen LogP contribution in [0.2, 0.25) is 0 Å². The molecule has 0 N–H and O–H groups in total. The van der Waals surface area contributed by atoms with E-state index in [1.54, 1.807) is 0 Å². The van der Waals surface area contributed by atoms with Crippen molar-refractivity contribution in [3.63, 3.8) is 0 Å². The van der Waals surface area contributed by atoms with Crippen LogP contribution < -0.4 is 4.74 Å². The van der Waals surface area contributed by atoms with E-state index < -0.39 is 0 Å². The normalized spacial score (nSPS) is 24.3. The third kappa shape index (κ3) is 4.21. The summed E-state index contributed by atoms with van der Waals surface area (Å²) in [5.41, 5.74) is 1.47. The highest BCUT2D eigenvalue weighted by Gasteiger charge is 2.18. The third-order valence-corrected chi connectivity index (χ3v) is 4.85. The first-order valence-electron chi connectivity index (χ1n) is 8.45. The lowest BCUT2D eigenvalue weighted by Gasteiger charge is -2.30. The standard InChI is InChI=1S/C18H28N2O/c1-19-10-4-5-17(15-19)16-6-8-18(9-7-16)21-14-13-20-11-2-3-12-20/h6-9,17H,2-5,10-15H2,1H3. The molecule has 0 spiro atoms. The number of nitrogens with zero attached hydrogens (tertiary/aromatic N) is 2. The summed E-state index contributed by atoms with van der Waals surface area (Å²) in [6, 6.07) is 8.81. The Morgan fingerprint density at radius 3 is 2.52 bits per heavy atom. The molecule has 0 radical (unpaired) electrons. The number of piperidine rings is 1. The van der Waals surface area contributed by atoms with E-state index in [0.29, 0.717) is 5.92 Å².